The van der Waals surface area contributed by atoms with Crippen LogP contribution in [-0.2, 0) is 25.7 Å². The third kappa shape index (κ3) is 11.7. The summed E-state index contributed by atoms with van der Waals surface area (Å²) >= 11 is 6.46. The molecular formula is C38H53ClN4O5. The number of ether oxygens (including phenoxy) is 1. The molecule has 0 aliphatic heterocycles. The Morgan fingerprint density at radius 2 is 1.58 bits per heavy atom. The summed E-state index contributed by atoms with van der Waals surface area (Å²) < 4.78 is 6.80. The summed E-state index contributed by atoms with van der Waals surface area (Å²) in [7, 11) is 1.33. The second kappa shape index (κ2) is 20.5. The first kappa shape index (κ1) is 38.6. The summed E-state index contributed by atoms with van der Waals surface area (Å²) in [5, 5.41) is 4.39. The zero-order valence-electron chi connectivity index (χ0n) is 28.8. The number of methoxy groups -OCH3 is 1. The van der Waals surface area contributed by atoms with E-state index in [9.17, 15) is 19.2 Å². The van der Waals surface area contributed by atoms with Gasteiger partial charge in [-0.15, -0.1) is 0 Å². The summed E-state index contributed by atoms with van der Waals surface area (Å²) in [6.07, 6.45) is 11.7. The van der Waals surface area contributed by atoms with Crippen LogP contribution in [0.4, 0.5) is 0 Å². The molecule has 0 fully saturated rings. The van der Waals surface area contributed by atoms with Gasteiger partial charge in [0.1, 0.15) is 6.04 Å². The number of benzene rings is 2. The van der Waals surface area contributed by atoms with E-state index in [1.165, 1.54) is 32.8 Å². The molecule has 3 aromatic rings. The van der Waals surface area contributed by atoms with Crippen molar-refractivity contribution >= 4 is 46.2 Å². The Morgan fingerprint density at radius 1 is 0.896 bits per heavy atom. The van der Waals surface area contributed by atoms with Crippen LogP contribution in [0.25, 0.3) is 10.9 Å². The summed E-state index contributed by atoms with van der Waals surface area (Å²) in [6, 6.07) is 13.9. The van der Waals surface area contributed by atoms with Crippen molar-refractivity contribution in [1.29, 1.82) is 0 Å². The number of carbonyl (C=O) groups is 4. The number of esters is 1. The summed E-state index contributed by atoms with van der Waals surface area (Å²) in [5.74, 6) is -1.51. The Balaban J connectivity index is 1.87. The highest BCUT2D eigenvalue weighted by Gasteiger charge is 2.32. The fourth-order valence-corrected chi connectivity index (χ4v) is 6.46. The maximum atomic E-state index is 14.3. The molecule has 0 radical (unpaired) electrons. The largest absolute Gasteiger partial charge is 0.469 e. The SMILES string of the molecule is CCCCCCCCC[C@@H](CC(N)=O)N(CCC)C(=O)[C@H](CCCC(=O)OC)NC(=O)c1cn(Cc2ccccc2Cl)c2ccccc12. The number of carbonyl (C=O) groups excluding carboxylic acids is 4. The maximum absolute atomic E-state index is 14.3. The van der Waals surface area contributed by atoms with Gasteiger partial charge in [0.05, 0.1) is 12.7 Å². The van der Waals surface area contributed by atoms with Gasteiger partial charge in [-0.05, 0) is 43.4 Å². The highest BCUT2D eigenvalue weighted by atomic mass is 35.5. The number of amides is 3. The van der Waals surface area contributed by atoms with Crippen molar-refractivity contribution < 1.29 is 23.9 Å². The summed E-state index contributed by atoms with van der Waals surface area (Å²) in [6.45, 7) is 5.06. The fraction of sp³-hybridized carbons (Fsp3) is 0.526. The number of nitrogens with one attached hydrogen (secondary N) is 1. The molecule has 3 amide bonds. The Kier molecular flexibility index (Phi) is 16.5. The third-order valence-electron chi connectivity index (χ3n) is 8.80. The molecule has 2 atom stereocenters. The van der Waals surface area contributed by atoms with Crippen LogP contribution in [0.15, 0.2) is 54.7 Å². The van der Waals surface area contributed by atoms with Crippen molar-refractivity contribution in [3.05, 3.63) is 70.9 Å². The molecule has 0 unspecified atom stereocenters. The third-order valence-corrected chi connectivity index (χ3v) is 9.17. The minimum atomic E-state index is -0.913. The van der Waals surface area contributed by atoms with E-state index in [4.69, 9.17) is 22.1 Å². The highest BCUT2D eigenvalue weighted by Crippen LogP contribution is 2.25. The Labute approximate surface area is 290 Å². The normalized spacial score (nSPS) is 12.4. The Hall–Kier alpha value is -3.85. The number of fused-ring (bicyclic) bond motifs is 1. The van der Waals surface area contributed by atoms with E-state index in [0.717, 1.165) is 35.7 Å². The first-order valence-corrected chi connectivity index (χ1v) is 17.9. The van der Waals surface area contributed by atoms with E-state index in [-0.39, 0.29) is 37.2 Å². The van der Waals surface area contributed by atoms with Crippen LogP contribution < -0.4 is 11.1 Å². The number of para-hydroxylation sites is 1. The van der Waals surface area contributed by atoms with E-state index in [0.29, 0.717) is 42.9 Å². The lowest BCUT2D eigenvalue weighted by Gasteiger charge is -2.34. The minimum Gasteiger partial charge on any atom is -0.469 e. The average Bonchev–Trinajstić information content (AvgIpc) is 3.44. The smallest absolute Gasteiger partial charge is 0.305 e. The van der Waals surface area contributed by atoms with Crippen LogP contribution in [0.3, 0.4) is 0 Å². The molecule has 10 heteroatoms. The quantitative estimate of drug-likeness (QED) is 0.0845. The zero-order chi connectivity index (χ0) is 34.9. The molecule has 2 aromatic carbocycles. The molecule has 0 saturated carbocycles. The number of halogens is 1. The Morgan fingerprint density at radius 3 is 2.27 bits per heavy atom. The molecule has 0 aliphatic rings. The van der Waals surface area contributed by atoms with Gasteiger partial charge < -0.3 is 25.3 Å². The van der Waals surface area contributed by atoms with E-state index < -0.39 is 17.9 Å². The predicted octanol–water partition coefficient (Wildman–Crippen LogP) is 7.41. The molecule has 9 nitrogen and oxygen atoms in total. The topological polar surface area (TPSA) is 124 Å². The molecule has 48 heavy (non-hydrogen) atoms. The molecule has 0 bridgehead atoms. The van der Waals surface area contributed by atoms with Crippen LogP contribution in [0.2, 0.25) is 5.02 Å². The molecule has 0 aliphatic carbocycles. The van der Waals surface area contributed by atoms with Gasteiger partial charge in [0.2, 0.25) is 11.8 Å². The van der Waals surface area contributed by atoms with Crippen molar-refractivity contribution in [1.82, 2.24) is 14.8 Å². The second-order valence-corrected chi connectivity index (χ2v) is 12.9. The van der Waals surface area contributed by atoms with E-state index in [1.54, 1.807) is 11.1 Å². The number of unbranched alkanes of at least 4 members (excludes halogenated alkanes) is 6. The monoisotopic (exact) mass is 680 g/mol. The number of nitrogens with two attached hydrogens (primary N) is 1. The number of nitrogens with zero attached hydrogens (tertiary/aromatic N) is 2. The van der Waals surface area contributed by atoms with Crippen LogP contribution in [-0.4, -0.2) is 58.9 Å². The van der Waals surface area contributed by atoms with Crippen molar-refractivity contribution in [3.63, 3.8) is 0 Å². The number of hydrogen-bond donors (Lipinski definition) is 2. The van der Waals surface area contributed by atoms with Gasteiger partial charge >= 0.3 is 5.97 Å². The minimum absolute atomic E-state index is 0.0555. The molecule has 0 saturated heterocycles. The van der Waals surface area contributed by atoms with E-state index in [2.05, 4.69) is 12.2 Å². The number of aromatic nitrogens is 1. The van der Waals surface area contributed by atoms with Gasteiger partial charge in [0.15, 0.2) is 0 Å². The fourth-order valence-electron chi connectivity index (χ4n) is 6.27. The molecular weight excluding hydrogens is 628 g/mol. The lowest BCUT2D eigenvalue weighted by atomic mass is 9.99. The van der Waals surface area contributed by atoms with Gasteiger partial charge in [0.25, 0.3) is 5.91 Å². The summed E-state index contributed by atoms with van der Waals surface area (Å²) in [4.78, 5) is 54.2. The van der Waals surface area contributed by atoms with Crippen molar-refractivity contribution in [2.75, 3.05) is 13.7 Å². The lowest BCUT2D eigenvalue weighted by molar-refractivity contribution is -0.141. The average molecular weight is 681 g/mol. The Bertz CT molecular complexity index is 1490. The molecule has 3 N–H and O–H groups in total. The first-order valence-electron chi connectivity index (χ1n) is 17.5. The van der Waals surface area contributed by atoms with Crippen LogP contribution in [0.5, 0.6) is 0 Å². The van der Waals surface area contributed by atoms with Gasteiger partial charge in [-0.25, -0.2) is 0 Å². The molecule has 3 rings (SSSR count). The number of hydrogen-bond acceptors (Lipinski definition) is 5. The van der Waals surface area contributed by atoms with Crippen LogP contribution in [0, 0.1) is 0 Å². The molecule has 0 spiro atoms. The molecule has 1 aromatic heterocycles. The molecule has 262 valence electrons. The van der Waals surface area contributed by atoms with Gasteiger partial charge in [0, 0.05) is 54.1 Å². The summed E-state index contributed by atoms with van der Waals surface area (Å²) in [5.41, 5.74) is 7.90. The zero-order valence-corrected chi connectivity index (χ0v) is 29.6. The maximum Gasteiger partial charge on any atom is 0.305 e. The van der Waals surface area contributed by atoms with Gasteiger partial charge in [-0.2, -0.15) is 0 Å². The van der Waals surface area contributed by atoms with Gasteiger partial charge in [-0.1, -0.05) is 107 Å². The number of primary amides is 1. The highest BCUT2D eigenvalue weighted by molar-refractivity contribution is 6.31. The predicted molar refractivity (Wildman–Crippen MR) is 192 cm³/mol. The first-order chi connectivity index (χ1) is 23.2. The lowest BCUT2D eigenvalue weighted by Crippen LogP contribution is -2.53. The van der Waals surface area contributed by atoms with Crippen molar-refractivity contribution in [3.8, 4) is 0 Å². The molecule has 1 heterocycles. The number of rotatable bonds is 22. The van der Waals surface area contributed by atoms with E-state index >= 15 is 0 Å². The van der Waals surface area contributed by atoms with E-state index in [1.807, 2.05) is 60.0 Å². The van der Waals surface area contributed by atoms with Crippen LogP contribution >= 0.6 is 11.6 Å². The van der Waals surface area contributed by atoms with Crippen molar-refractivity contribution in [2.45, 2.75) is 116 Å². The van der Waals surface area contributed by atoms with Gasteiger partial charge in [-0.3, -0.25) is 19.2 Å². The van der Waals surface area contributed by atoms with Crippen molar-refractivity contribution in [2.24, 2.45) is 5.73 Å². The second-order valence-electron chi connectivity index (χ2n) is 12.5. The van der Waals surface area contributed by atoms with Crippen LogP contribution in [0.1, 0.15) is 113 Å². The standard InChI is InChI=1S/C38H53ClN4O5/c1-4-6-7-8-9-10-11-18-29(25-35(40)44)43(24-5-2)38(47)33(21-16-23-36(45)48-3)41-37(46)31-27-42(34-22-15-13-19-30(31)34)26-28-17-12-14-20-32(28)39/h12-15,17,19-20,22,27,29,33H,4-11,16,18,21,23-26H2,1-3H3,(H2,40,44)(H,41,46)/t29-,33-/m0/s1.